The Bertz CT molecular complexity index is 637. The highest BCUT2D eigenvalue weighted by molar-refractivity contribution is 9.10. The predicted octanol–water partition coefficient (Wildman–Crippen LogP) is 4.14. The van der Waals surface area contributed by atoms with Crippen LogP contribution in [-0.2, 0) is 0 Å². The van der Waals surface area contributed by atoms with Crippen molar-refractivity contribution < 1.29 is 9.13 Å². The second-order valence-electron chi connectivity index (χ2n) is 4.61. The van der Waals surface area contributed by atoms with Crippen LogP contribution in [0.3, 0.4) is 0 Å². The van der Waals surface area contributed by atoms with E-state index in [1.807, 2.05) is 24.3 Å². The zero-order chi connectivity index (χ0) is 14.1. The summed E-state index contributed by atoms with van der Waals surface area (Å²) in [4.78, 5) is 1.10. The Morgan fingerprint density at radius 3 is 2.95 bits per heavy atom. The van der Waals surface area contributed by atoms with Gasteiger partial charge < -0.3 is 10.5 Å². The van der Waals surface area contributed by atoms with Crippen LogP contribution in [-0.4, -0.2) is 11.9 Å². The van der Waals surface area contributed by atoms with Gasteiger partial charge in [0.2, 0.25) is 0 Å². The van der Waals surface area contributed by atoms with Gasteiger partial charge in [-0.05, 0) is 30.3 Å². The number of benzene rings is 2. The minimum absolute atomic E-state index is 0.237. The zero-order valence-electron chi connectivity index (χ0n) is 10.6. The van der Waals surface area contributed by atoms with Gasteiger partial charge in [0, 0.05) is 20.7 Å². The van der Waals surface area contributed by atoms with Crippen molar-refractivity contribution in [2.75, 3.05) is 5.75 Å². The molecule has 2 unspecified atom stereocenters. The van der Waals surface area contributed by atoms with Crippen molar-refractivity contribution in [3.05, 3.63) is 58.3 Å². The minimum atomic E-state index is -0.492. The summed E-state index contributed by atoms with van der Waals surface area (Å²) in [5.41, 5.74) is 6.67. The number of hydrogen-bond donors (Lipinski definition) is 1. The Balaban J connectivity index is 1.85. The van der Waals surface area contributed by atoms with E-state index >= 15 is 0 Å². The molecule has 0 saturated carbocycles. The lowest BCUT2D eigenvalue weighted by Crippen LogP contribution is -2.36. The molecule has 1 aliphatic rings. The highest BCUT2D eigenvalue weighted by atomic mass is 79.9. The lowest BCUT2D eigenvalue weighted by Gasteiger charge is -2.30. The maximum atomic E-state index is 13.9. The van der Waals surface area contributed by atoms with Crippen molar-refractivity contribution in [2.24, 2.45) is 5.73 Å². The lowest BCUT2D eigenvalue weighted by atomic mass is 10.0. The van der Waals surface area contributed by atoms with Crippen LogP contribution in [0, 0.1) is 5.82 Å². The average molecular weight is 354 g/mol. The van der Waals surface area contributed by atoms with Gasteiger partial charge in [-0.3, -0.25) is 0 Å². The fraction of sp³-hybridized carbons (Fsp3) is 0.200. The molecular formula is C15H13BrFNOS. The van der Waals surface area contributed by atoms with Crippen molar-refractivity contribution in [3.8, 4) is 5.75 Å². The summed E-state index contributed by atoms with van der Waals surface area (Å²) in [5, 5.41) is 0. The number of halogens is 2. The molecule has 0 bridgehead atoms. The largest absolute Gasteiger partial charge is 0.486 e. The molecule has 0 aliphatic carbocycles. The number of fused-ring (bicyclic) bond motifs is 1. The molecular weight excluding hydrogens is 341 g/mol. The zero-order valence-corrected chi connectivity index (χ0v) is 13.0. The summed E-state index contributed by atoms with van der Waals surface area (Å²) in [7, 11) is 0. The van der Waals surface area contributed by atoms with Gasteiger partial charge in [-0.15, -0.1) is 11.8 Å². The van der Waals surface area contributed by atoms with Crippen molar-refractivity contribution in [1.82, 2.24) is 0 Å². The van der Waals surface area contributed by atoms with Crippen molar-refractivity contribution in [2.45, 2.75) is 17.0 Å². The lowest BCUT2D eigenvalue weighted by molar-refractivity contribution is 0.183. The highest BCUT2D eigenvalue weighted by Crippen LogP contribution is 2.38. The first-order valence-electron chi connectivity index (χ1n) is 6.24. The molecule has 0 amide bonds. The smallest absolute Gasteiger partial charge is 0.133 e. The van der Waals surface area contributed by atoms with Crippen molar-refractivity contribution in [1.29, 1.82) is 0 Å². The fourth-order valence-electron chi connectivity index (χ4n) is 2.18. The van der Waals surface area contributed by atoms with Crippen LogP contribution in [0.5, 0.6) is 5.75 Å². The second-order valence-corrected chi connectivity index (χ2v) is 6.58. The predicted molar refractivity (Wildman–Crippen MR) is 82.6 cm³/mol. The average Bonchev–Trinajstić information content (AvgIpc) is 2.48. The Hall–Kier alpha value is -1.04. The first-order chi connectivity index (χ1) is 9.65. The van der Waals surface area contributed by atoms with Gasteiger partial charge in [-0.25, -0.2) is 4.39 Å². The standard InChI is InChI=1S/C15H13BrFNOS/c16-9-5-6-11(17)10(7-9)15(18)13-8-20-14-4-2-1-3-12(14)19-13/h1-7,13,15H,8,18H2. The van der Waals surface area contributed by atoms with E-state index in [2.05, 4.69) is 15.9 Å². The van der Waals surface area contributed by atoms with Crippen LogP contribution < -0.4 is 10.5 Å². The quantitative estimate of drug-likeness (QED) is 0.880. The summed E-state index contributed by atoms with van der Waals surface area (Å²) in [6.45, 7) is 0. The van der Waals surface area contributed by atoms with Gasteiger partial charge in [0.15, 0.2) is 0 Å². The van der Waals surface area contributed by atoms with Crippen LogP contribution >= 0.6 is 27.7 Å². The molecule has 104 valence electrons. The Kier molecular flexibility index (Phi) is 4.01. The number of ether oxygens (including phenoxy) is 1. The number of para-hydroxylation sites is 1. The first-order valence-corrected chi connectivity index (χ1v) is 8.02. The third kappa shape index (κ3) is 2.71. The molecule has 20 heavy (non-hydrogen) atoms. The van der Waals surface area contributed by atoms with Gasteiger partial charge in [0.25, 0.3) is 0 Å². The molecule has 2 nitrogen and oxygen atoms in total. The third-order valence-corrected chi connectivity index (χ3v) is 4.89. The van der Waals surface area contributed by atoms with Crippen LogP contribution in [0.25, 0.3) is 0 Å². The summed E-state index contributed by atoms with van der Waals surface area (Å²) in [6.07, 6.45) is -0.237. The van der Waals surface area contributed by atoms with Gasteiger partial charge in [0.05, 0.1) is 6.04 Å². The second kappa shape index (κ2) is 5.76. The minimum Gasteiger partial charge on any atom is -0.486 e. The van der Waals surface area contributed by atoms with E-state index in [0.29, 0.717) is 11.3 Å². The van der Waals surface area contributed by atoms with Crippen LogP contribution in [0.4, 0.5) is 4.39 Å². The van der Waals surface area contributed by atoms with E-state index in [4.69, 9.17) is 10.5 Å². The number of thioether (sulfide) groups is 1. The molecule has 2 aromatic carbocycles. The molecule has 2 aromatic rings. The first kappa shape index (κ1) is 13.9. The Labute approximate surface area is 129 Å². The molecule has 1 aliphatic heterocycles. The molecule has 3 rings (SSSR count). The molecule has 1 heterocycles. The fourth-order valence-corrected chi connectivity index (χ4v) is 3.61. The molecule has 0 fully saturated rings. The number of rotatable bonds is 2. The molecule has 5 heteroatoms. The summed E-state index contributed by atoms with van der Waals surface area (Å²) in [5.74, 6) is 1.23. The van der Waals surface area contributed by atoms with E-state index in [0.717, 1.165) is 15.1 Å². The van der Waals surface area contributed by atoms with Gasteiger partial charge >= 0.3 is 0 Å². The molecule has 2 N–H and O–H groups in total. The highest BCUT2D eigenvalue weighted by Gasteiger charge is 2.28. The van der Waals surface area contributed by atoms with E-state index in [1.165, 1.54) is 6.07 Å². The molecule has 2 atom stereocenters. The van der Waals surface area contributed by atoms with E-state index in [9.17, 15) is 4.39 Å². The topological polar surface area (TPSA) is 35.2 Å². The monoisotopic (exact) mass is 353 g/mol. The number of hydrogen-bond acceptors (Lipinski definition) is 3. The van der Waals surface area contributed by atoms with Crippen molar-refractivity contribution in [3.63, 3.8) is 0 Å². The van der Waals surface area contributed by atoms with E-state index in [1.54, 1.807) is 23.9 Å². The Morgan fingerprint density at radius 2 is 2.10 bits per heavy atom. The van der Waals surface area contributed by atoms with Crippen LogP contribution in [0.15, 0.2) is 51.8 Å². The van der Waals surface area contributed by atoms with Gasteiger partial charge in [-0.2, -0.15) is 0 Å². The summed E-state index contributed by atoms with van der Waals surface area (Å²) < 4.78 is 20.6. The normalized spacial score (nSPS) is 19.1. The Morgan fingerprint density at radius 1 is 1.30 bits per heavy atom. The molecule has 0 saturated heterocycles. The molecule has 0 radical (unpaired) electrons. The summed E-state index contributed by atoms with van der Waals surface area (Å²) >= 11 is 5.04. The van der Waals surface area contributed by atoms with Gasteiger partial charge in [-0.1, -0.05) is 28.1 Å². The maximum absolute atomic E-state index is 13.9. The van der Waals surface area contributed by atoms with Crippen LogP contribution in [0.2, 0.25) is 0 Å². The SMILES string of the molecule is NC(c1cc(Br)ccc1F)C1CSc2ccccc2O1. The molecule has 0 aromatic heterocycles. The van der Waals surface area contributed by atoms with Crippen LogP contribution in [0.1, 0.15) is 11.6 Å². The molecule has 0 spiro atoms. The third-order valence-electron chi connectivity index (χ3n) is 3.25. The van der Waals surface area contributed by atoms with Gasteiger partial charge in [0.1, 0.15) is 17.7 Å². The summed E-state index contributed by atoms with van der Waals surface area (Å²) in [6, 6.07) is 12.1. The van der Waals surface area contributed by atoms with E-state index < -0.39 is 6.04 Å². The number of nitrogens with two attached hydrogens (primary N) is 1. The van der Waals surface area contributed by atoms with E-state index in [-0.39, 0.29) is 11.9 Å². The maximum Gasteiger partial charge on any atom is 0.133 e. The van der Waals surface area contributed by atoms with Crippen molar-refractivity contribution >= 4 is 27.7 Å².